The molecule has 2 N–H and O–H groups in total. The Morgan fingerprint density at radius 2 is 2.28 bits per heavy atom. The van der Waals surface area contributed by atoms with Gasteiger partial charge < -0.3 is 9.32 Å². The Bertz CT molecular complexity index is 587. The van der Waals surface area contributed by atoms with E-state index in [9.17, 15) is 14.9 Å². The fraction of sp³-hybridized carbons (Fsp3) is 0.200. The van der Waals surface area contributed by atoms with E-state index >= 15 is 0 Å². The number of carbonyl (C=O) groups excluding carboxylic acids is 1. The molecule has 18 heavy (non-hydrogen) atoms. The van der Waals surface area contributed by atoms with Gasteiger partial charge in [0.15, 0.2) is 0 Å². The fourth-order valence-electron chi connectivity index (χ4n) is 1.61. The molecule has 0 radical (unpaired) electrons. The molecule has 8 heteroatoms. The lowest BCUT2D eigenvalue weighted by atomic mass is 10.2. The number of aryl methyl sites for hydroxylation is 1. The number of hydrogen-bond acceptors (Lipinski definition) is 5. The molecule has 0 unspecified atom stereocenters. The van der Waals surface area contributed by atoms with Crippen LogP contribution in [0.2, 0.25) is 0 Å². The van der Waals surface area contributed by atoms with E-state index in [1.807, 2.05) is 0 Å². The highest BCUT2D eigenvalue weighted by Gasteiger charge is 2.29. The van der Waals surface area contributed by atoms with Gasteiger partial charge in [0.1, 0.15) is 16.4 Å². The summed E-state index contributed by atoms with van der Waals surface area (Å²) < 4.78 is 4.94. The van der Waals surface area contributed by atoms with Crippen LogP contribution in [-0.4, -0.2) is 28.7 Å². The Morgan fingerprint density at radius 3 is 2.78 bits per heavy atom. The Balaban J connectivity index is 2.48. The first kappa shape index (κ1) is 11.8. The third-order valence-corrected chi connectivity index (χ3v) is 2.48. The highest BCUT2D eigenvalue weighted by atomic mass is 16.6. The summed E-state index contributed by atoms with van der Waals surface area (Å²) in [6.45, 7) is 1.58. The number of nitrogens with one attached hydrogen (secondary N) is 2. The summed E-state index contributed by atoms with van der Waals surface area (Å²) in [6, 6.07) is 1.47. The number of rotatable bonds is 2. The van der Waals surface area contributed by atoms with Gasteiger partial charge in [-0.05, 0) is 19.1 Å². The van der Waals surface area contributed by atoms with Crippen molar-refractivity contribution in [2.75, 3.05) is 7.05 Å². The van der Waals surface area contributed by atoms with E-state index in [2.05, 4.69) is 5.32 Å². The van der Waals surface area contributed by atoms with Crippen LogP contribution in [0.25, 0.3) is 6.08 Å². The second-order valence-electron chi connectivity index (χ2n) is 3.77. The molecule has 1 aromatic heterocycles. The second kappa shape index (κ2) is 3.99. The van der Waals surface area contributed by atoms with E-state index in [0.29, 0.717) is 5.76 Å². The van der Waals surface area contributed by atoms with Crippen molar-refractivity contribution in [3.63, 3.8) is 0 Å². The molecule has 0 aliphatic carbocycles. The average Bonchev–Trinajstić information content (AvgIpc) is 2.75. The van der Waals surface area contributed by atoms with Gasteiger partial charge in [-0.25, -0.2) is 0 Å². The normalized spacial score (nSPS) is 17.4. The summed E-state index contributed by atoms with van der Waals surface area (Å²) in [5, 5.41) is 20.5. The first-order valence-corrected chi connectivity index (χ1v) is 5.00. The molecule has 0 spiro atoms. The van der Waals surface area contributed by atoms with Crippen LogP contribution >= 0.6 is 0 Å². The third-order valence-electron chi connectivity index (χ3n) is 2.48. The van der Waals surface area contributed by atoms with Crippen molar-refractivity contribution in [1.82, 2.24) is 10.2 Å². The van der Waals surface area contributed by atoms with Crippen molar-refractivity contribution >= 4 is 23.8 Å². The number of carbonyl (C=O) groups is 1. The van der Waals surface area contributed by atoms with E-state index in [1.54, 1.807) is 6.92 Å². The van der Waals surface area contributed by atoms with Gasteiger partial charge in [-0.3, -0.25) is 25.6 Å². The van der Waals surface area contributed by atoms with Gasteiger partial charge in [0, 0.05) is 7.05 Å². The third kappa shape index (κ3) is 1.83. The monoisotopic (exact) mass is 250 g/mol. The highest BCUT2D eigenvalue weighted by Crippen LogP contribution is 2.26. The zero-order valence-electron chi connectivity index (χ0n) is 9.68. The lowest BCUT2D eigenvalue weighted by molar-refractivity contribution is -0.402. The van der Waals surface area contributed by atoms with E-state index in [1.165, 1.54) is 24.1 Å². The molecule has 1 aliphatic heterocycles. The van der Waals surface area contributed by atoms with Crippen LogP contribution in [0.1, 0.15) is 11.3 Å². The maximum Gasteiger partial charge on any atom is 0.440 e. The van der Waals surface area contributed by atoms with Crippen molar-refractivity contribution in [3.05, 3.63) is 33.2 Å². The van der Waals surface area contributed by atoms with Crippen molar-refractivity contribution in [3.8, 4) is 0 Å². The Hall–Kier alpha value is -2.64. The highest BCUT2D eigenvalue weighted by molar-refractivity contribution is 6.14. The predicted octanol–water partition coefficient (Wildman–Crippen LogP) is 0.833. The summed E-state index contributed by atoms with van der Waals surface area (Å²) in [4.78, 5) is 22.9. The van der Waals surface area contributed by atoms with Crippen molar-refractivity contribution in [2.45, 2.75) is 6.92 Å². The molecule has 0 bridgehead atoms. The second-order valence-corrected chi connectivity index (χ2v) is 3.77. The van der Waals surface area contributed by atoms with Gasteiger partial charge in [-0.1, -0.05) is 0 Å². The molecule has 1 aromatic rings. The van der Waals surface area contributed by atoms with Gasteiger partial charge in [-0.15, -0.1) is 0 Å². The van der Waals surface area contributed by atoms with Gasteiger partial charge >= 0.3 is 5.88 Å². The number of guanidine groups is 1. The number of furan rings is 1. The van der Waals surface area contributed by atoms with Gasteiger partial charge in [0.2, 0.25) is 5.96 Å². The number of hydrogen-bond donors (Lipinski definition) is 2. The maximum absolute atomic E-state index is 11.5. The molecular weight excluding hydrogens is 240 g/mol. The molecule has 0 aromatic carbocycles. The van der Waals surface area contributed by atoms with Crippen LogP contribution < -0.4 is 5.32 Å². The van der Waals surface area contributed by atoms with Crippen LogP contribution in [0.4, 0.5) is 5.88 Å². The zero-order valence-corrected chi connectivity index (χ0v) is 9.68. The van der Waals surface area contributed by atoms with Gasteiger partial charge in [-0.2, -0.15) is 0 Å². The number of nitrogens with zero attached hydrogens (tertiary/aromatic N) is 2. The zero-order chi connectivity index (χ0) is 13.4. The van der Waals surface area contributed by atoms with Crippen LogP contribution in [0.3, 0.4) is 0 Å². The number of nitro groups is 1. The lowest BCUT2D eigenvalue weighted by Crippen LogP contribution is -2.25. The van der Waals surface area contributed by atoms with Crippen LogP contribution in [0.5, 0.6) is 0 Å². The lowest BCUT2D eigenvalue weighted by Gasteiger charge is -2.07. The molecule has 94 valence electrons. The Labute approximate surface area is 102 Å². The standard InChI is InChI=1S/C10H10N4O4/c1-5-3-6(9(18-5)14(16)17)4-7-8(15)12-10(11)13(7)2/h3-4H,1-2H3,(H2,11,12,15)/b7-4+. The van der Waals surface area contributed by atoms with Crippen molar-refractivity contribution in [1.29, 1.82) is 5.41 Å². The van der Waals surface area contributed by atoms with Crippen molar-refractivity contribution in [2.24, 2.45) is 0 Å². The summed E-state index contributed by atoms with van der Waals surface area (Å²) in [5.74, 6) is -0.589. The molecule has 0 atom stereocenters. The molecule has 8 nitrogen and oxygen atoms in total. The van der Waals surface area contributed by atoms with Crippen LogP contribution in [0, 0.1) is 22.4 Å². The van der Waals surface area contributed by atoms with Crippen LogP contribution in [0.15, 0.2) is 16.2 Å². The maximum atomic E-state index is 11.5. The van der Waals surface area contributed by atoms with Crippen molar-refractivity contribution < 1.29 is 14.1 Å². The molecule has 1 amide bonds. The van der Waals surface area contributed by atoms with E-state index in [4.69, 9.17) is 9.83 Å². The van der Waals surface area contributed by atoms with Crippen LogP contribution in [-0.2, 0) is 4.79 Å². The molecule has 2 rings (SSSR count). The number of amides is 1. The van der Waals surface area contributed by atoms with Gasteiger partial charge in [0.05, 0.1) is 5.56 Å². The molecule has 1 saturated heterocycles. The molecule has 0 saturated carbocycles. The summed E-state index contributed by atoms with van der Waals surface area (Å²) in [5.41, 5.74) is 0.355. The summed E-state index contributed by atoms with van der Waals surface area (Å²) >= 11 is 0. The molecule has 2 heterocycles. The minimum absolute atomic E-state index is 0.0749. The topological polar surface area (TPSA) is 112 Å². The molecular formula is C10H10N4O4. The summed E-state index contributed by atoms with van der Waals surface area (Å²) in [7, 11) is 1.52. The Kier molecular flexibility index (Phi) is 2.62. The largest absolute Gasteiger partial charge is 0.440 e. The minimum Gasteiger partial charge on any atom is -0.406 e. The molecule has 1 fully saturated rings. The molecule has 1 aliphatic rings. The smallest absolute Gasteiger partial charge is 0.406 e. The van der Waals surface area contributed by atoms with Gasteiger partial charge in [0.25, 0.3) is 5.91 Å². The average molecular weight is 250 g/mol. The first-order chi connectivity index (χ1) is 8.40. The predicted molar refractivity (Wildman–Crippen MR) is 61.7 cm³/mol. The minimum atomic E-state index is -0.655. The Morgan fingerprint density at radius 1 is 1.61 bits per heavy atom. The van der Waals surface area contributed by atoms with E-state index < -0.39 is 16.7 Å². The summed E-state index contributed by atoms with van der Waals surface area (Å²) in [6.07, 6.45) is 1.32. The van der Waals surface area contributed by atoms with E-state index in [0.717, 1.165) is 0 Å². The SMILES string of the molecule is Cc1cc(/C=C2\C(=O)NC(=N)N2C)c([N+](=O)[O-])o1. The quantitative estimate of drug-likeness (QED) is 0.458. The number of likely N-dealkylation sites (N-methyl/N-ethyl adjacent to an activating group) is 1. The van der Waals surface area contributed by atoms with E-state index in [-0.39, 0.29) is 17.2 Å². The fourth-order valence-corrected chi connectivity index (χ4v) is 1.61. The first-order valence-electron chi connectivity index (χ1n) is 5.00.